The van der Waals surface area contributed by atoms with E-state index in [0.29, 0.717) is 5.69 Å². The lowest BCUT2D eigenvalue weighted by molar-refractivity contribution is -0.141. The first-order chi connectivity index (χ1) is 14.3. The minimum Gasteiger partial charge on any atom is -0.299 e. The van der Waals surface area contributed by atoms with Crippen LogP contribution in [0.3, 0.4) is 0 Å². The Morgan fingerprint density at radius 3 is 2.27 bits per heavy atom. The standard InChI is InChI=1S/C23H19ClF3N3/c24-18-4-2-17(3-5-18)22-9-11-30(12-10-22)14-16-13-15(1-6-19(16)22)20-7-8-21(29-28-20)23(25,26)27/h1-8,13H,9-12,14H2. The van der Waals surface area contributed by atoms with Crippen molar-refractivity contribution < 1.29 is 13.2 Å². The molecule has 154 valence electrons. The summed E-state index contributed by atoms with van der Waals surface area (Å²) in [6, 6.07) is 16.6. The number of rotatable bonds is 2. The first-order valence-corrected chi connectivity index (χ1v) is 10.3. The van der Waals surface area contributed by atoms with Crippen LogP contribution in [0, 0.1) is 0 Å². The number of aromatic nitrogens is 2. The maximum atomic E-state index is 12.8. The smallest absolute Gasteiger partial charge is 0.299 e. The summed E-state index contributed by atoms with van der Waals surface area (Å²) in [5.74, 6) is 0. The van der Waals surface area contributed by atoms with Gasteiger partial charge in [0.15, 0.2) is 5.69 Å². The van der Waals surface area contributed by atoms with Gasteiger partial charge in [-0.25, -0.2) is 0 Å². The van der Waals surface area contributed by atoms with E-state index >= 15 is 0 Å². The van der Waals surface area contributed by atoms with E-state index in [1.54, 1.807) is 0 Å². The zero-order valence-electron chi connectivity index (χ0n) is 16.1. The Hall–Kier alpha value is -2.44. The number of alkyl halides is 3. The predicted molar refractivity (Wildman–Crippen MR) is 109 cm³/mol. The summed E-state index contributed by atoms with van der Waals surface area (Å²) >= 11 is 6.12. The SMILES string of the molecule is FC(F)(F)c1ccc(-c2ccc3c(c2)CN2CCC3(c3ccc(Cl)cc3)CC2)nn1. The van der Waals surface area contributed by atoms with Crippen molar-refractivity contribution in [3.8, 4) is 11.3 Å². The van der Waals surface area contributed by atoms with Gasteiger partial charge in [-0.15, -0.1) is 10.2 Å². The molecular formula is C23H19ClF3N3. The molecule has 2 aromatic carbocycles. The van der Waals surface area contributed by atoms with Crippen LogP contribution in [0.25, 0.3) is 11.3 Å². The van der Waals surface area contributed by atoms with E-state index in [9.17, 15) is 13.2 Å². The molecule has 1 aromatic heterocycles. The van der Waals surface area contributed by atoms with Gasteiger partial charge in [0.1, 0.15) is 0 Å². The molecule has 3 aliphatic rings. The number of hydrogen-bond donors (Lipinski definition) is 0. The summed E-state index contributed by atoms with van der Waals surface area (Å²) in [6.07, 6.45) is -2.43. The lowest BCUT2D eigenvalue weighted by atomic mass is 9.68. The van der Waals surface area contributed by atoms with Crippen LogP contribution in [0.1, 0.15) is 35.2 Å². The molecule has 1 fully saturated rings. The largest absolute Gasteiger partial charge is 0.435 e. The van der Waals surface area contributed by atoms with E-state index in [1.165, 1.54) is 22.8 Å². The van der Waals surface area contributed by atoms with Gasteiger partial charge in [0.25, 0.3) is 0 Å². The second-order valence-corrected chi connectivity index (χ2v) is 8.48. The minimum atomic E-state index is -4.49. The average molecular weight is 430 g/mol. The van der Waals surface area contributed by atoms with Gasteiger partial charge in [-0.3, -0.25) is 4.90 Å². The summed E-state index contributed by atoms with van der Waals surface area (Å²) in [5.41, 5.74) is 3.91. The predicted octanol–water partition coefficient (Wildman–Crippen LogP) is 5.71. The summed E-state index contributed by atoms with van der Waals surface area (Å²) < 4.78 is 38.4. The zero-order valence-corrected chi connectivity index (χ0v) is 16.8. The first-order valence-electron chi connectivity index (χ1n) is 9.88. The summed E-state index contributed by atoms with van der Waals surface area (Å²) in [4.78, 5) is 2.43. The lowest BCUT2D eigenvalue weighted by Gasteiger charge is -2.39. The van der Waals surface area contributed by atoms with Crippen LogP contribution in [0.15, 0.2) is 54.6 Å². The van der Waals surface area contributed by atoms with Crippen molar-refractivity contribution in [2.24, 2.45) is 0 Å². The first kappa shape index (κ1) is 19.5. The lowest BCUT2D eigenvalue weighted by Crippen LogP contribution is -2.39. The van der Waals surface area contributed by atoms with Gasteiger partial charge in [-0.1, -0.05) is 35.9 Å². The quantitative estimate of drug-likeness (QED) is 0.522. The molecule has 7 heteroatoms. The van der Waals surface area contributed by atoms with Crippen molar-refractivity contribution in [1.29, 1.82) is 0 Å². The number of halogens is 4. The van der Waals surface area contributed by atoms with Crippen LogP contribution in [0.2, 0.25) is 5.02 Å². The Labute approximate surface area is 177 Å². The second kappa shape index (κ2) is 7.06. The van der Waals surface area contributed by atoms with Gasteiger partial charge in [0.2, 0.25) is 0 Å². The number of hydrogen-bond acceptors (Lipinski definition) is 3. The second-order valence-electron chi connectivity index (χ2n) is 8.04. The van der Waals surface area contributed by atoms with Gasteiger partial charge in [0, 0.05) is 22.5 Å². The molecule has 4 heterocycles. The molecule has 0 atom stereocenters. The fourth-order valence-corrected chi connectivity index (χ4v) is 4.93. The van der Waals surface area contributed by atoms with Gasteiger partial charge >= 0.3 is 6.18 Å². The zero-order chi connectivity index (χ0) is 20.9. The molecule has 6 rings (SSSR count). The van der Waals surface area contributed by atoms with Crippen molar-refractivity contribution in [2.75, 3.05) is 13.1 Å². The molecular weight excluding hydrogens is 411 g/mol. The Bertz CT molecular complexity index is 1070. The molecule has 3 aromatic rings. The van der Waals surface area contributed by atoms with Crippen molar-refractivity contribution in [1.82, 2.24) is 15.1 Å². The van der Waals surface area contributed by atoms with Crippen LogP contribution >= 0.6 is 11.6 Å². The molecule has 0 saturated carbocycles. The van der Waals surface area contributed by atoms with E-state index in [2.05, 4.69) is 39.4 Å². The molecule has 0 amide bonds. The van der Waals surface area contributed by atoms with Crippen molar-refractivity contribution >= 4 is 11.6 Å². The third-order valence-electron chi connectivity index (χ3n) is 6.37. The van der Waals surface area contributed by atoms with Gasteiger partial charge in [-0.2, -0.15) is 13.2 Å². The maximum absolute atomic E-state index is 12.8. The molecule has 0 spiro atoms. The maximum Gasteiger partial charge on any atom is 0.435 e. The van der Waals surface area contributed by atoms with Crippen molar-refractivity contribution in [3.63, 3.8) is 0 Å². The highest BCUT2D eigenvalue weighted by Crippen LogP contribution is 2.47. The Morgan fingerprint density at radius 1 is 0.900 bits per heavy atom. The Balaban J connectivity index is 1.57. The van der Waals surface area contributed by atoms with E-state index in [1.807, 2.05) is 18.2 Å². The molecule has 0 unspecified atom stereocenters. The Morgan fingerprint density at radius 2 is 1.63 bits per heavy atom. The van der Waals surface area contributed by atoms with Crippen molar-refractivity contribution in [2.45, 2.75) is 31.0 Å². The average Bonchev–Trinajstić information content (AvgIpc) is 3.00. The molecule has 2 bridgehead atoms. The highest BCUT2D eigenvalue weighted by atomic mass is 35.5. The van der Waals surface area contributed by atoms with Crippen LogP contribution in [-0.4, -0.2) is 28.2 Å². The van der Waals surface area contributed by atoms with Crippen LogP contribution in [0.4, 0.5) is 13.2 Å². The summed E-state index contributed by atoms with van der Waals surface area (Å²) in [7, 11) is 0. The highest BCUT2D eigenvalue weighted by Gasteiger charge is 2.42. The minimum absolute atomic E-state index is 0.0722. The monoisotopic (exact) mass is 429 g/mol. The number of benzene rings is 2. The van der Waals surface area contributed by atoms with E-state index in [4.69, 9.17) is 11.6 Å². The van der Waals surface area contributed by atoms with E-state index in [0.717, 1.165) is 49.1 Å². The molecule has 30 heavy (non-hydrogen) atoms. The highest BCUT2D eigenvalue weighted by molar-refractivity contribution is 6.30. The Kier molecular flexibility index (Phi) is 4.60. The summed E-state index contributed by atoms with van der Waals surface area (Å²) in [6.45, 7) is 2.84. The third-order valence-corrected chi connectivity index (χ3v) is 6.62. The molecule has 1 saturated heterocycles. The normalized spacial score (nSPS) is 23.1. The van der Waals surface area contributed by atoms with Crippen molar-refractivity contribution in [3.05, 3.63) is 82.0 Å². The number of fused-ring (bicyclic) bond motifs is 2. The van der Waals surface area contributed by atoms with Gasteiger partial charge < -0.3 is 0 Å². The van der Waals surface area contributed by atoms with E-state index < -0.39 is 11.9 Å². The summed E-state index contributed by atoms with van der Waals surface area (Å²) in [5, 5.41) is 7.92. The number of piperidine rings is 1. The molecule has 0 N–H and O–H groups in total. The fraction of sp³-hybridized carbons (Fsp3) is 0.304. The topological polar surface area (TPSA) is 29.0 Å². The van der Waals surface area contributed by atoms with Crippen LogP contribution < -0.4 is 0 Å². The van der Waals surface area contributed by atoms with Gasteiger partial charge in [-0.05, 0) is 73.0 Å². The number of nitrogens with zero attached hydrogens (tertiary/aromatic N) is 3. The molecule has 0 radical (unpaired) electrons. The molecule has 3 nitrogen and oxygen atoms in total. The van der Waals surface area contributed by atoms with Crippen LogP contribution in [-0.2, 0) is 18.1 Å². The molecule has 3 aliphatic heterocycles. The third kappa shape index (κ3) is 3.28. The van der Waals surface area contributed by atoms with Gasteiger partial charge in [0.05, 0.1) is 5.69 Å². The fourth-order valence-electron chi connectivity index (χ4n) is 4.80. The molecule has 0 aliphatic carbocycles. The van der Waals surface area contributed by atoms with E-state index in [-0.39, 0.29) is 5.41 Å². The van der Waals surface area contributed by atoms with Crippen LogP contribution in [0.5, 0.6) is 0 Å².